The lowest BCUT2D eigenvalue weighted by Gasteiger charge is -2.14. The Morgan fingerprint density at radius 2 is 1.56 bits per heavy atom. The maximum absolute atomic E-state index is 12.9. The molecule has 128 valence electrons. The minimum atomic E-state index is -4.68. The first-order chi connectivity index (χ1) is 11.9. The van der Waals surface area contributed by atoms with Gasteiger partial charge in [0.05, 0.1) is 6.54 Å². The summed E-state index contributed by atoms with van der Waals surface area (Å²) in [7, 11) is 0. The number of alkyl halides is 3. The van der Waals surface area contributed by atoms with Crippen LogP contribution in [0, 0.1) is 0 Å². The van der Waals surface area contributed by atoms with Crippen molar-refractivity contribution in [3.05, 3.63) is 94.4 Å². The summed E-state index contributed by atoms with van der Waals surface area (Å²) in [5, 5.41) is 0. The van der Waals surface area contributed by atoms with E-state index in [1.54, 1.807) is 36.4 Å². The Bertz CT molecular complexity index is 918. The first kappa shape index (κ1) is 16.8. The van der Waals surface area contributed by atoms with Crippen molar-refractivity contribution in [1.29, 1.82) is 0 Å². The number of aromatic nitrogens is 1. The number of hydrogen-bond donors (Lipinski definition) is 0. The first-order valence-corrected chi connectivity index (χ1v) is 7.52. The monoisotopic (exact) mass is 345 g/mol. The fourth-order valence-electron chi connectivity index (χ4n) is 2.41. The topological polar surface area (TPSA) is 31.2 Å². The van der Waals surface area contributed by atoms with Crippen molar-refractivity contribution in [1.82, 2.24) is 4.57 Å². The maximum atomic E-state index is 12.9. The van der Waals surface area contributed by atoms with Crippen LogP contribution in [0.2, 0.25) is 0 Å². The van der Waals surface area contributed by atoms with Gasteiger partial charge in [0.2, 0.25) is 0 Å². The zero-order chi connectivity index (χ0) is 17.9. The van der Waals surface area contributed by atoms with E-state index in [4.69, 9.17) is 4.74 Å². The molecule has 0 radical (unpaired) electrons. The molecule has 0 amide bonds. The van der Waals surface area contributed by atoms with Crippen molar-refractivity contribution in [3.8, 4) is 11.5 Å². The Balaban J connectivity index is 1.94. The van der Waals surface area contributed by atoms with Crippen LogP contribution in [0.1, 0.15) is 11.1 Å². The van der Waals surface area contributed by atoms with E-state index >= 15 is 0 Å². The lowest BCUT2D eigenvalue weighted by molar-refractivity contribution is -0.138. The summed E-state index contributed by atoms with van der Waals surface area (Å²) in [6, 6.07) is 17.9. The Hall–Kier alpha value is -3.02. The van der Waals surface area contributed by atoms with Crippen LogP contribution in [0.5, 0.6) is 11.5 Å². The largest absolute Gasteiger partial charge is 0.457 e. The number of rotatable bonds is 4. The van der Waals surface area contributed by atoms with E-state index in [0.29, 0.717) is 17.1 Å². The molecule has 1 heterocycles. The molecule has 6 heteroatoms. The quantitative estimate of drug-likeness (QED) is 0.686. The highest BCUT2D eigenvalue weighted by atomic mass is 19.4. The van der Waals surface area contributed by atoms with Gasteiger partial charge in [-0.05, 0) is 30.3 Å². The van der Waals surface area contributed by atoms with Gasteiger partial charge in [-0.25, -0.2) is 0 Å². The van der Waals surface area contributed by atoms with E-state index < -0.39 is 17.3 Å². The molecule has 1 aromatic heterocycles. The highest BCUT2D eigenvalue weighted by Gasteiger charge is 2.34. The highest BCUT2D eigenvalue weighted by molar-refractivity contribution is 5.38. The fraction of sp³-hybridized carbons (Fsp3) is 0.105. The third-order valence-electron chi connectivity index (χ3n) is 3.61. The Morgan fingerprint density at radius 1 is 0.880 bits per heavy atom. The molecule has 0 aliphatic rings. The number of para-hydroxylation sites is 2. The molecule has 25 heavy (non-hydrogen) atoms. The lowest BCUT2D eigenvalue weighted by Crippen LogP contribution is -2.28. The molecule has 0 aliphatic heterocycles. The van der Waals surface area contributed by atoms with E-state index in [1.165, 1.54) is 12.3 Å². The molecule has 0 N–H and O–H groups in total. The van der Waals surface area contributed by atoms with E-state index in [1.807, 2.05) is 18.2 Å². The van der Waals surface area contributed by atoms with Gasteiger partial charge in [-0.15, -0.1) is 0 Å². The predicted octanol–water partition coefficient (Wildman–Crippen LogP) is 4.71. The van der Waals surface area contributed by atoms with Gasteiger partial charge in [0, 0.05) is 11.8 Å². The fourth-order valence-corrected chi connectivity index (χ4v) is 2.41. The van der Waals surface area contributed by atoms with Crippen molar-refractivity contribution in [2.75, 3.05) is 0 Å². The van der Waals surface area contributed by atoms with E-state index in [2.05, 4.69) is 0 Å². The van der Waals surface area contributed by atoms with Gasteiger partial charge in [-0.1, -0.05) is 36.4 Å². The molecule has 0 saturated heterocycles. The number of nitrogens with zero attached hydrogens (tertiary/aromatic N) is 1. The standard InChI is InChI=1S/C19H14F3NO2/c20-19(21,22)16-10-6-12-23(18(16)24)13-14-7-4-5-11-17(14)25-15-8-2-1-3-9-15/h1-12H,13H2. The van der Waals surface area contributed by atoms with Crippen LogP contribution in [-0.2, 0) is 12.7 Å². The van der Waals surface area contributed by atoms with Crippen molar-refractivity contribution in [2.45, 2.75) is 12.7 Å². The Labute approximate surface area is 141 Å². The smallest absolute Gasteiger partial charge is 0.421 e. The molecule has 3 rings (SSSR count). The molecule has 0 unspecified atom stereocenters. The predicted molar refractivity (Wildman–Crippen MR) is 87.8 cm³/mol. The third kappa shape index (κ3) is 3.91. The van der Waals surface area contributed by atoms with Crippen LogP contribution in [0.4, 0.5) is 13.2 Å². The summed E-state index contributed by atoms with van der Waals surface area (Å²) in [5.41, 5.74) is -1.66. The van der Waals surface area contributed by atoms with E-state index in [9.17, 15) is 18.0 Å². The van der Waals surface area contributed by atoms with Gasteiger partial charge >= 0.3 is 6.18 Å². The van der Waals surface area contributed by atoms with Gasteiger partial charge in [-0.3, -0.25) is 4.79 Å². The van der Waals surface area contributed by atoms with Crippen molar-refractivity contribution >= 4 is 0 Å². The summed E-state index contributed by atoms with van der Waals surface area (Å²) in [6.45, 7) is -0.0221. The van der Waals surface area contributed by atoms with Crippen LogP contribution in [0.15, 0.2) is 77.7 Å². The second kappa shape index (κ2) is 6.84. The molecule has 0 saturated carbocycles. The second-order valence-corrected chi connectivity index (χ2v) is 5.38. The number of ether oxygens (including phenoxy) is 1. The van der Waals surface area contributed by atoms with Gasteiger partial charge in [0.1, 0.15) is 17.1 Å². The maximum Gasteiger partial charge on any atom is 0.421 e. The Morgan fingerprint density at radius 3 is 2.28 bits per heavy atom. The zero-order valence-corrected chi connectivity index (χ0v) is 13.0. The normalized spacial score (nSPS) is 11.3. The molecule has 0 spiro atoms. The summed E-state index contributed by atoms with van der Waals surface area (Å²) in [5.74, 6) is 1.09. The van der Waals surface area contributed by atoms with Crippen molar-refractivity contribution in [2.24, 2.45) is 0 Å². The van der Waals surface area contributed by atoms with E-state index in [-0.39, 0.29) is 6.54 Å². The molecule has 0 bridgehead atoms. The summed E-state index contributed by atoms with van der Waals surface area (Å²) in [6.07, 6.45) is -3.35. The molecule has 0 atom stereocenters. The molecule has 0 aliphatic carbocycles. The highest BCUT2D eigenvalue weighted by Crippen LogP contribution is 2.27. The van der Waals surface area contributed by atoms with Gasteiger partial charge in [0.25, 0.3) is 5.56 Å². The SMILES string of the molecule is O=c1c(C(F)(F)F)cccn1Cc1ccccc1Oc1ccccc1. The minimum Gasteiger partial charge on any atom is -0.457 e. The van der Waals surface area contributed by atoms with Gasteiger partial charge in [-0.2, -0.15) is 13.2 Å². The summed E-state index contributed by atoms with van der Waals surface area (Å²) >= 11 is 0. The van der Waals surface area contributed by atoms with E-state index in [0.717, 1.165) is 10.6 Å². The lowest BCUT2D eigenvalue weighted by atomic mass is 10.2. The van der Waals surface area contributed by atoms with Gasteiger partial charge < -0.3 is 9.30 Å². The van der Waals surface area contributed by atoms with Crippen LogP contribution in [-0.4, -0.2) is 4.57 Å². The van der Waals surface area contributed by atoms with Crippen LogP contribution in [0.25, 0.3) is 0 Å². The molecular weight excluding hydrogens is 331 g/mol. The van der Waals surface area contributed by atoms with Crippen molar-refractivity contribution in [3.63, 3.8) is 0 Å². The average molecular weight is 345 g/mol. The van der Waals surface area contributed by atoms with Gasteiger partial charge in [0.15, 0.2) is 0 Å². The average Bonchev–Trinajstić information content (AvgIpc) is 2.58. The summed E-state index contributed by atoms with van der Waals surface area (Å²) in [4.78, 5) is 12.1. The minimum absolute atomic E-state index is 0.0221. The third-order valence-corrected chi connectivity index (χ3v) is 3.61. The summed E-state index contributed by atoms with van der Waals surface area (Å²) < 4.78 is 45.5. The molecule has 3 aromatic rings. The zero-order valence-electron chi connectivity index (χ0n) is 13.0. The van der Waals surface area contributed by atoms with Crippen LogP contribution < -0.4 is 10.3 Å². The molecule has 3 nitrogen and oxygen atoms in total. The Kier molecular flexibility index (Phi) is 4.61. The number of benzene rings is 2. The number of hydrogen-bond acceptors (Lipinski definition) is 2. The van der Waals surface area contributed by atoms with Crippen LogP contribution >= 0.6 is 0 Å². The first-order valence-electron chi connectivity index (χ1n) is 7.52. The number of pyridine rings is 1. The van der Waals surface area contributed by atoms with Crippen LogP contribution in [0.3, 0.4) is 0 Å². The van der Waals surface area contributed by atoms with Crippen molar-refractivity contribution < 1.29 is 17.9 Å². The second-order valence-electron chi connectivity index (χ2n) is 5.38. The molecule has 2 aromatic carbocycles. The molecular formula is C19H14F3NO2. The number of halogens is 3. The molecule has 0 fully saturated rings.